The summed E-state index contributed by atoms with van der Waals surface area (Å²) in [6, 6.07) is 17.7. The molecule has 4 aromatic heterocycles. The first-order chi connectivity index (χ1) is 17.5. The number of rotatable bonds is 5. The van der Waals surface area contributed by atoms with Crippen LogP contribution in [0.5, 0.6) is 0 Å². The lowest BCUT2D eigenvalue weighted by Gasteiger charge is -2.12. The Kier molecular flexibility index (Phi) is 5.37. The van der Waals surface area contributed by atoms with Crippen LogP contribution in [0.4, 0.5) is 0 Å². The molecule has 0 amide bonds. The van der Waals surface area contributed by atoms with Crippen molar-refractivity contribution in [2.45, 2.75) is 24.8 Å². The number of hydrogen-bond donors (Lipinski definition) is 0. The molecule has 0 atom stereocenters. The first kappa shape index (κ1) is 22.2. The summed E-state index contributed by atoms with van der Waals surface area (Å²) >= 11 is 1.52. The normalized spacial score (nSPS) is 11.5. The van der Waals surface area contributed by atoms with E-state index in [2.05, 4.69) is 62.0 Å². The van der Waals surface area contributed by atoms with Gasteiger partial charge in [-0.25, -0.2) is 0 Å². The zero-order valence-electron chi connectivity index (χ0n) is 20.0. The predicted octanol–water partition coefficient (Wildman–Crippen LogP) is 4.13. The van der Waals surface area contributed by atoms with E-state index in [1.54, 1.807) is 19.4 Å². The molecule has 0 bridgehead atoms. The molecule has 6 rings (SSSR count). The zero-order valence-corrected chi connectivity index (χ0v) is 20.8. The van der Waals surface area contributed by atoms with Gasteiger partial charge in [0.1, 0.15) is 5.82 Å². The molecule has 0 aliphatic rings. The predicted molar refractivity (Wildman–Crippen MR) is 139 cm³/mol. The number of aromatic nitrogens is 8. The maximum atomic E-state index is 12.8. The molecule has 0 radical (unpaired) electrons. The second kappa shape index (κ2) is 8.72. The number of fused-ring (bicyclic) bond motifs is 3. The topological polar surface area (TPSA) is 95.8 Å². The molecule has 0 saturated heterocycles. The lowest BCUT2D eigenvalue weighted by Crippen LogP contribution is -2.20. The molecule has 0 aliphatic carbocycles. The van der Waals surface area contributed by atoms with Crippen LogP contribution in [0.3, 0.4) is 0 Å². The van der Waals surface area contributed by atoms with E-state index in [0.717, 1.165) is 33.6 Å². The highest BCUT2D eigenvalue weighted by Gasteiger charge is 2.19. The lowest BCUT2D eigenvalue weighted by atomic mass is 10.1. The molecular weight excluding hydrogens is 472 g/mol. The van der Waals surface area contributed by atoms with Gasteiger partial charge in [-0.05, 0) is 61.4 Å². The monoisotopic (exact) mass is 494 g/mol. The fourth-order valence-corrected chi connectivity index (χ4v) is 5.13. The van der Waals surface area contributed by atoms with E-state index in [1.165, 1.54) is 27.5 Å². The average Bonchev–Trinajstić information content (AvgIpc) is 3.53. The highest BCUT2D eigenvalue weighted by molar-refractivity contribution is 7.98. The summed E-state index contributed by atoms with van der Waals surface area (Å²) < 4.78 is 5.52. The van der Waals surface area contributed by atoms with Gasteiger partial charge >= 0.3 is 0 Å². The van der Waals surface area contributed by atoms with Crippen molar-refractivity contribution in [3.8, 4) is 17.1 Å². The summed E-state index contributed by atoms with van der Waals surface area (Å²) in [4.78, 5) is 16.9. The SMILES string of the molecule is Cc1ccc(-n2c(SCc3nnc4n(C)c(=O)c5ccccc5n34)nnc2-c2ccncc2)cc1C. The fraction of sp³-hybridized carbons (Fsp3) is 0.154. The molecule has 10 heteroatoms. The molecular formula is C26H22N8OS. The minimum absolute atomic E-state index is 0.0961. The van der Waals surface area contributed by atoms with Crippen molar-refractivity contribution in [1.82, 2.24) is 38.9 Å². The molecule has 0 aliphatic heterocycles. The quantitative estimate of drug-likeness (QED) is 0.333. The standard InChI is InChI=1S/C26H22N8OS/c1-16-8-9-19(14-17(16)2)33-23(18-10-12-27-13-11-18)29-31-26(33)36-15-22-28-30-25-32(3)24(35)20-6-4-5-7-21(20)34(22)25/h4-14H,15H2,1-3H3. The van der Waals surface area contributed by atoms with Crippen LogP contribution in [-0.4, -0.2) is 38.9 Å². The van der Waals surface area contributed by atoms with Crippen molar-refractivity contribution in [3.63, 3.8) is 0 Å². The molecule has 0 unspecified atom stereocenters. The largest absolute Gasteiger partial charge is 0.279 e. The van der Waals surface area contributed by atoms with Gasteiger partial charge in [-0.3, -0.25) is 23.3 Å². The van der Waals surface area contributed by atoms with Gasteiger partial charge in [-0.1, -0.05) is 30.0 Å². The van der Waals surface area contributed by atoms with Crippen molar-refractivity contribution in [2.24, 2.45) is 7.05 Å². The summed E-state index contributed by atoms with van der Waals surface area (Å²) in [5.41, 5.74) is 5.01. The Bertz CT molecular complexity index is 1800. The molecule has 4 heterocycles. The third-order valence-corrected chi connectivity index (χ3v) is 7.27. The number of pyridine rings is 1. The van der Waals surface area contributed by atoms with Gasteiger partial charge < -0.3 is 0 Å². The van der Waals surface area contributed by atoms with Gasteiger partial charge in [0.25, 0.3) is 5.56 Å². The molecule has 0 spiro atoms. The van der Waals surface area contributed by atoms with E-state index >= 15 is 0 Å². The Morgan fingerprint density at radius 2 is 1.69 bits per heavy atom. The molecule has 36 heavy (non-hydrogen) atoms. The lowest BCUT2D eigenvalue weighted by molar-refractivity contribution is 0.857. The number of benzene rings is 2. The molecule has 9 nitrogen and oxygen atoms in total. The zero-order chi connectivity index (χ0) is 24.8. The van der Waals surface area contributed by atoms with Crippen molar-refractivity contribution < 1.29 is 0 Å². The Morgan fingerprint density at radius 1 is 0.889 bits per heavy atom. The highest BCUT2D eigenvalue weighted by atomic mass is 32.2. The number of aryl methyl sites for hydroxylation is 3. The molecule has 6 aromatic rings. The highest BCUT2D eigenvalue weighted by Crippen LogP contribution is 2.30. The minimum atomic E-state index is -0.0961. The maximum Gasteiger partial charge on any atom is 0.262 e. The van der Waals surface area contributed by atoms with Crippen LogP contribution >= 0.6 is 11.8 Å². The van der Waals surface area contributed by atoms with Crippen LogP contribution in [0.25, 0.3) is 33.8 Å². The Morgan fingerprint density at radius 3 is 2.50 bits per heavy atom. The number of hydrogen-bond acceptors (Lipinski definition) is 7. The summed E-state index contributed by atoms with van der Waals surface area (Å²) in [5, 5.41) is 19.2. The minimum Gasteiger partial charge on any atom is -0.279 e. The Hall–Kier alpha value is -4.31. The van der Waals surface area contributed by atoms with E-state index in [-0.39, 0.29) is 5.56 Å². The van der Waals surface area contributed by atoms with Crippen LogP contribution in [0.2, 0.25) is 0 Å². The van der Waals surface area contributed by atoms with Gasteiger partial charge in [0, 0.05) is 25.0 Å². The van der Waals surface area contributed by atoms with E-state index < -0.39 is 0 Å². The molecule has 0 N–H and O–H groups in total. The van der Waals surface area contributed by atoms with Crippen LogP contribution in [0.15, 0.2) is 76.9 Å². The van der Waals surface area contributed by atoms with Gasteiger partial charge in [0.2, 0.25) is 5.78 Å². The molecule has 178 valence electrons. The van der Waals surface area contributed by atoms with Crippen LogP contribution in [-0.2, 0) is 12.8 Å². The van der Waals surface area contributed by atoms with Crippen molar-refractivity contribution in [3.05, 3.63) is 94.3 Å². The van der Waals surface area contributed by atoms with Gasteiger partial charge in [0.15, 0.2) is 11.0 Å². The number of thioether (sulfide) groups is 1. The second-order valence-corrected chi connectivity index (χ2v) is 9.51. The van der Waals surface area contributed by atoms with E-state index in [9.17, 15) is 4.79 Å². The second-order valence-electron chi connectivity index (χ2n) is 8.57. The Labute approximate surface area is 210 Å². The summed E-state index contributed by atoms with van der Waals surface area (Å²) in [7, 11) is 1.72. The van der Waals surface area contributed by atoms with E-state index in [4.69, 9.17) is 0 Å². The number of nitrogens with zero attached hydrogens (tertiary/aromatic N) is 8. The van der Waals surface area contributed by atoms with Gasteiger partial charge in [0.05, 0.1) is 22.3 Å². The van der Waals surface area contributed by atoms with E-state index in [0.29, 0.717) is 16.9 Å². The Balaban J connectivity index is 1.46. The van der Waals surface area contributed by atoms with Crippen LogP contribution in [0, 0.1) is 13.8 Å². The maximum absolute atomic E-state index is 12.8. The summed E-state index contributed by atoms with van der Waals surface area (Å²) in [6.07, 6.45) is 3.50. The first-order valence-electron chi connectivity index (χ1n) is 11.4. The fourth-order valence-electron chi connectivity index (χ4n) is 4.26. The van der Waals surface area contributed by atoms with Crippen molar-refractivity contribution in [1.29, 1.82) is 0 Å². The molecule has 0 fully saturated rings. The average molecular weight is 495 g/mol. The van der Waals surface area contributed by atoms with Gasteiger partial charge in [-0.15, -0.1) is 20.4 Å². The smallest absolute Gasteiger partial charge is 0.262 e. The van der Waals surface area contributed by atoms with Crippen molar-refractivity contribution >= 4 is 28.4 Å². The first-order valence-corrected chi connectivity index (χ1v) is 12.4. The van der Waals surface area contributed by atoms with Crippen molar-refractivity contribution in [2.75, 3.05) is 0 Å². The van der Waals surface area contributed by atoms with E-state index in [1.807, 2.05) is 40.8 Å². The van der Waals surface area contributed by atoms with Gasteiger partial charge in [-0.2, -0.15) is 0 Å². The molecule has 0 saturated carbocycles. The third-order valence-electron chi connectivity index (χ3n) is 6.34. The van der Waals surface area contributed by atoms with Crippen LogP contribution < -0.4 is 5.56 Å². The summed E-state index contributed by atoms with van der Waals surface area (Å²) in [5.74, 6) is 2.45. The number of para-hydroxylation sites is 1. The van der Waals surface area contributed by atoms with Crippen LogP contribution in [0.1, 0.15) is 17.0 Å². The third kappa shape index (κ3) is 3.57. The summed E-state index contributed by atoms with van der Waals surface area (Å²) in [6.45, 7) is 4.19. The molecule has 2 aromatic carbocycles.